The Morgan fingerprint density at radius 3 is 2.58 bits per heavy atom. The molecule has 0 radical (unpaired) electrons. The normalized spacial score (nSPS) is 30.7. The largest absolute Gasteiger partial charge is 0.490 e. The average Bonchev–Trinajstić information content (AvgIpc) is 3.42. The molecule has 33 heavy (non-hydrogen) atoms. The average molecular weight is 457 g/mol. The number of nitrogens with zero attached hydrogens (tertiary/aromatic N) is 3. The lowest BCUT2D eigenvalue weighted by molar-refractivity contribution is -0.119. The van der Waals surface area contributed by atoms with E-state index < -0.39 is 12.2 Å². The first-order valence-corrected chi connectivity index (χ1v) is 11.9. The molecule has 1 amide bonds. The van der Waals surface area contributed by atoms with E-state index in [1.54, 1.807) is 4.68 Å². The lowest BCUT2D eigenvalue weighted by Gasteiger charge is -2.34. The van der Waals surface area contributed by atoms with Gasteiger partial charge in [-0.2, -0.15) is 5.10 Å². The number of hydrazine groups is 1. The van der Waals surface area contributed by atoms with Gasteiger partial charge >= 0.3 is 0 Å². The van der Waals surface area contributed by atoms with Crippen LogP contribution in [-0.4, -0.2) is 65.1 Å². The van der Waals surface area contributed by atoms with Crippen LogP contribution in [0.15, 0.2) is 36.5 Å². The molecule has 2 aromatic rings. The second-order valence-corrected chi connectivity index (χ2v) is 9.68. The van der Waals surface area contributed by atoms with Gasteiger partial charge in [0.05, 0.1) is 5.69 Å². The number of anilines is 1. The lowest BCUT2D eigenvalue weighted by Crippen LogP contribution is -2.43. The molecule has 5 rings (SSSR count). The van der Waals surface area contributed by atoms with Crippen molar-refractivity contribution in [1.29, 1.82) is 0 Å². The number of piperidine rings is 1. The number of carbonyl (C=O) groups excluding carboxylic acids is 1. The first-order valence-electron chi connectivity index (χ1n) is 11.9. The molecule has 2 aliphatic heterocycles. The van der Waals surface area contributed by atoms with Crippen LogP contribution in [0, 0.1) is 5.92 Å². The van der Waals surface area contributed by atoms with Gasteiger partial charge in [-0.05, 0) is 63.1 Å². The van der Waals surface area contributed by atoms with Crippen molar-refractivity contribution >= 4 is 11.6 Å². The van der Waals surface area contributed by atoms with Gasteiger partial charge < -0.3 is 15.0 Å². The van der Waals surface area contributed by atoms with E-state index in [1.807, 2.05) is 43.6 Å². The van der Waals surface area contributed by atoms with E-state index in [0.29, 0.717) is 12.8 Å². The molecule has 3 aliphatic rings. The van der Waals surface area contributed by atoms with Crippen molar-refractivity contribution in [2.45, 2.75) is 56.0 Å². The zero-order chi connectivity index (χ0) is 22.9. The Morgan fingerprint density at radius 1 is 1.12 bits per heavy atom. The Kier molecular flexibility index (Phi) is 6.36. The van der Waals surface area contributed by atoms with Crippen LogP contribution in [0.4, 0.5) is 10.1 Å². The lowest BCUT2D eigenvalue weighted by atomic mass is 9.73. The molecule has 1 aromatic heterocycles. The number of benzene rings is 1. The number of rotatable bonds is 5. The zero-order valence-electron chi connectivity index (χ0n) is 19.2. The van der Waals surface area contributed by atoms with E-state index in [1.165, 1.54) is 0 Å². The third-order valence-corrected chi connectivity index (χ3v) is 7.30. The molecule has 1 saturated carbocycles. The molecule has 3 fully saturated rings. The SMILES string of the molecule is CN1CCC(Oc2ccc(NC(=O)C3NNC4CC(F)C(c5ccn(C)n5)CC43)cc2)CC1. The van der Waals surface area contributed by atoms with Crippen LogP contribution in [0.1, 0.15) is 37.3 Å². The van der Waals surface area contributed by atoms with E-state index in [9.17, 15) is 9.18 Å². The van der Waals surface area contributed by atoms with E-state index in [-0.39, 0.29) is 29.9 Å². The maximum atomic E-state index is 14.8. The Labute approximate surface area is 193 Å². The molecule has 1 aromatic carbocycles. The smallest absolute Gasteiger partial charge is 0.243 e. The zero-order valence-corrected chi connectivity index (χ0v) is 19.2. The number of hydrogen-bond donors (Lipinski definition) is 3. The van der Waals surface area contributed by atoms with Crippen LogP contribution in [0.3, 0.4) is 0 Å². The monoisotopic (exact) mass is 456 g/mol. The molecule has 0 spiro atoms. The molecular formula is C24H33FN6O2. The molecule has 3 heterocycles. The second kappa shape index (κ2) is 9.40. The number of halogens is 1. The number of aryl methyl sites for hydroxylation is 1. The summed E-state index contributed by atoms with van der Waals surface area (Å²) in [6.07, 6.45) is 4.09. The highest BCUT2D eigenvalue weighted by molar-refractivity contribution is 5.95. The van der Waals surface area contributed by atoms with Crippen molar-refractivity contribution in [3.8, 4) is 5.75 Å². The fourth-order valence-electron chi connectivity index (χ4n) is 5.35. The third-order valence-electron chi connectivity index (χ3n) is 7.30. The summed E-state index contributed by atoms with van der Waals surface area (Å²) in [6.45, 7) is 2.10. The number of alkyl halides is 1. The highest BCUT2D eigenvalue weighted by Crippen LogP contribution is 2.41. The fraction of sp³-hybridized carbons (Fsp3) is 0.583. The molecule has 1 aliphatic carbocycles. The first kappa shape index (κ1) is 22.3. The van der Waals surface area contributed by atoms with Crippen molar-refractivity contribution in [1.82, 2.24) is 25.5 Å². The van der Waals surface area contributed by atoms with Crippen LogP contribution in [-0.2, 0) is 11.8 Å². The molecule has 9 heteroatoms. The predicted molar refractivity (Wildman–Crippen MR) is 124 cm³/mol. The maximum absolute atomic E-state index is 14.8. The van der Waals surface area contributed by atoms with Crippen molar-refractivity contribution < 1.29 is 13.9 Å². The van der Waals surface area contributed by atoms with Crippen LogP contribution >= 0.6 is 0 Å². The molecule has 5 unspecified atom stereocenters. The van der Waals surface area contributed by atoms with E-state index >= 15 is 0 Å². The number of amides is 1. The van der Waals surface area contributed by atoms with Gasteiger partial charge in [0.2, 0.25) is 5.91 Å². The minimum absolute atomic E-state index is 0.00366. The highest BCUT2D eigenvalue weighted by Gasteiger charge is 2.48. The van der Waals surface area contributed by atoms with Crippen molar-refractivity contribution in [2.24, 2.45) is 13.0 Å². The number of likely N-dealkylation sites (tertiary alicyclic amines) is 1. The summed E-state index contributed by atoms with van der Waals surface area (Å²) >= 11 is 0. The number of nitrogens with one attached hydrogen (secondary N) is 3. The quantitative estimate of drug-likeness (QED) is 0.640. The molecule has 5 atom stereocenters. The van der Waals surface area contributed by atoms with Gasteiger partial charge in [0.15, 0.2) is 0 Å². The second-order valence-electron chi connectivity index (χ2n) is 9.68. The Balaban J connectivity index is 1.19. The van der Waals surface area contributed by atoms with E-state index in [0.717, 1.165) is 43.1 Å². The van der Waals surface area contributed by atoms with Crippen molar-refractivity contribution in [2.75, 3.05) is 25.5 Å². The predicted octanol–water partition coefficient (Wildman–Crippen LogP) is 2.21. The summed E-state index contributed by atoms with van der Waals surface area (Å²) in [5.74, 6) is 0.412. The van der Waals surface area contributed by atoms with Crippen molar-refractivity contribution in [3.05, 3.63) is 42.2 Å². The topological polar surface area (TPSA) is 83.5 Å². The van der Waals surface area contributed by atoms with Crippen molar-refractivity contribution in [3.63, 3.8) is 0 Å². The molecule has 178 valence electrons. The summed E-state index contributed by atoms with van der Waals surface area (Å²) in [4.78, 5) is 15.4. The molecule has 3 N–H and O–H groups in total. The standard InChI is InChI=1S/C24H33FN6O2/c1-30-10-7-17(8-11-30)33-16-5-3-15(4-6-16)26-24(32)23-19-13-18(21-9-12-31(2)29-21)20(25)14-22(19)27-28-23/h3-6,9,12,17-20,22-23,27-28H,7-8,10-11,13-14H2,1-2H3,(H,26,32). The van der Waals surface area contributed by atoms with Gasteiger partial charge in [-0.25, -0.2) is 9.82 Å². The Hall–Kier alpha value is -2.49. The third kappa shape index (κ3) is 4.90. The highest BCUT2D eigenvalue weighted by atomic mass is 19.1. The van der Waals surface area contributed by atoms with E-state index in [2.05, 4.69) is 33.2 Å². The number of fused-ring (bicyclic) bond motifs is 1. The maximum Gasteiger partial charge on any atom is 0.243 e. The summed E-state index contributed by atoms with van der Waals surface area (Å²) in [5.41, 5.74) is 7.73. The van der Waals surface area contributed by atoms with Crippen LogP contribution in [0.2, 0.25) is 0 Å². The van der Waals surface area contributed by atoms with Gasteiger partial charge in [-0.15, -0.1) is 0 Å². The van der Waals surface area contributed by atoms with E-state index in [4.69, 9.17) is 4.74 Å². The van der Waals surface area contributed by atoms with Crippen LogP contribution in [0.25, 0.3) is 0 Å². The van der Waals surface area contributed by atoms with Gasteiger partial charge in [-0.1, -0.05) is 0 Å². The minimum Gasteiger partial charge on any atom is -0.490 e. The van der Waals surface area contributed by atoms with Gasteiger partial charge in [0.25, 0.3) is 0 Å². The molecular weight excluding hydrogens is 423 g/mol. The summed E-state index contributed by atoms with van der Waals surface area (Å²) in [5, 5.41) is 7.42. The minimum atomic E-state index is -0.977. The van der Waals surface area contributed by atoms with Gasteiger partial charge in [0, 0.05) is 49.9 Å². The number of carbonyl (C=O) groups is 1. The van der Waals surface area contributed by atoms with Crippen LogP contribution in [0.5, 0.6) is 5.75 Å². The molecule has 2 saturated heterocycles. The number of ether oxygens (including phenoxy) is 1. The van der Waals surface area contributed by atoms with Gasteiger partial charge in [-0.3, -0.25) is 14.9 Å². The molecule has 8 nitrogen and oxygen atoms in total. The Morgan fingerprint density at radius 2 is 1.88 bits per heavy atom. The number of aromatic nitrogens is 2. The number of hydrogen-bond acceptors (Lipinski definition) is 6. The Bertz CT molecular complexity index is 958. The fourth-order valence-corrected chi connectivity index (χ4v) is 5.35. The summed E-state index contributed by atoms with van der Waals surface area (Å²) in [6, 6.07) is 8.93. The summed E-state index contributed by atoms with van der Waals surface area (Å²) < 4.78 is 22.6. The summed E-state index contributed by atoms with van der Waals surface area (Å²) in [7, 11) is 3.97. The van der Waals surface area contributed by atoms with Gasteiger partial charge in [0.1, 0.15) is 24.1 Å². The first-order chi connectivity index (χ1) is 16.0. The molecule has 0 bridgehead atoms. The van der Waals surface area contributed by atoms with Crippen LogP contribution < -0.4 is 20.9 Å².